The molecule has 0 fully saturated rings. The molecule has 16 heteroatoms. The van der Waals surface area contributed by atoms with Crippen LogP contribution in [0.1, 0.15) is 119 Å². The number of rotatable bonds is 18. The third kappa shape index (κ3) is 30.0. The predicted molar refractivity (Wildman–Crippen MR) is 170 cm³/mol. The number of halogens is 6. The lowest BCUT2D eigenvalue weighted by atomic mass is 10.2. The summed E-state index contributed by atoms with van der Waals surface area (Å²) in [4.78, 5) is 0. The number of quaternary nitrogens is 2. The molecule has 0 saturated carbocycles. The third-order valence-corrected chi connectivity index (χ3v) is 8.14. The molecule has 0 spiro atoms. The number of unbranched alkanes of at least 4 members (excludes halogenated alkanes) is 6. The number of hydrogen-bond acceptors (Lipinski definition) is 4. The Morgan fingerprint density at radius 2 is 0.545 bits per heavy atom. The van der Waals surface area contributed by atoms with Gasteiger partial charge in [0.25, 0.3) is 0 Å². The molecule has 272 valence electrons. The van der Waals surface area contributed by atoms with Gasteiger partial charge in [-0.05, 0) is 38.5 Å². The Hall–Kier alpha value is -0.680. The maximum Gasteiger partial charge on any atom is 0.479 e. The van der Waals surface area contributed by atoms with Crippen molar-refractivity contribution in [1.29, 1.82) is 0 Å². The standard InChI is InChI=1S/2C13H30N.2CHF3NO2S/c2*1-5-8-11-14(4,12-9-6-2)13-10-7-3;2*2-1(3,4)8(5,6)7/h2*5-13H2,1-4H3;2*(H-,5,6,7)/q2*+1;2*-1. The molecule has 0 rings (SSSR count). The Balaban J connectivity index is -0.000000251. The second kappa shape index (κ2) is 25.4. The second-order valence-electron chi connectivity index (χ2n) is 11.6. The van der Waals surface area contributed by atoms with Crippen LogP contribution in [-0.2, 0) is 20.0 Å². The van der Waals surface area contributed by atoms with E-state index in [1.54, 1.807) is 0 Å². The van der Waals surface area contributed by atoms with Gasteiger partial charge in [-0.15, -0.1) is 0 Å². The molecular weight excluding hydrogens is 634 g/mol. The fourth-order valence-electron chi connectivity index (χ4n) is 3.91. The monoisotopic (exact) mass is 696 g/mol. The normalized spacial score (nSPS) is 12.7. The molecular formula is C28H62F6N4O4S2. The zero-order valence-electron chi connectivity index (χ0n) is 28.3. The van der Waals surface area contributed by atoms with Gasteiger partial charge < -0.3 is 19.2 Å². The summed E-state index contributed by atoms with van der Waals surface area (Å²) in [5.41, 5.74) is -10.8. The van der Waals surface area contributed by atoms with Crippen LogP contribution in [0.3, 0.4) is 0 Å². The lowest BCUT2D eigenvalue weighted by molar-refractivity contribution is -0.910. The largest absolute Gasteiger partial charge is 0.556 e. The molecule has 44 heavy (non-hydrogen) atoms. The number of alkyl halides is 6. The highest BCUT2D eigenvalue weighted by molar-refractivity contribution is 7.94. The van der Waals surface area contributed by atoms with Gasteiger partial charge in [0.1, 0.15) is 0 Å². The summed E-state index contributed by atoms with van der Waals surface area (Å²) in [5.74, 6) is 0. The lowest BCUT2D eigenvalue weighted by Crippen LogP contribution is -2.46. The smallest absolute Gasteiger partial charge is 0.479 e. The molecule has 0 amide bonds. The lowest BCUT2D eigenvalue weighted by Gasteiger charge is -2.34. The molecule has 0 bridgehead atoms. The van der Waals surface area contributed by atoms with Gasteiger partial charge in [0.05, 0.1) is 53.4 Å². The molecule has 0 aromatic carbocycles. The zero-order valence-corrected chi connectivity index (χ0v) is 30.0. The molecule has 0 saturated heterocycles. The van der Waals surface area contributed by atoms with E-state index in [0.717, 1.165) is 0 Å². The summed E-state index contributed by atoms with van der Waals surface area (Å²) >= 11 is 0. The molecule has 0 heterocycles. The fourth-order valence-corrected chi connectivity index (χ4v) is 3.91. The van der Waals surface area contributed by atoms with Crippen molar-refractivity contribution in [3.63, 3.8) is 0 Å². The first-order chi connectivity index (χ1) is 19.9. The van der Waals surface area contributed by atoms with Crippen LogP contribution in [0.5, 0.6) is 0 Å². The van der Waals surface area contributed by atoms with Gasteiger partial charge in [0.15, 0.2) is 20.0 Å². The van der Waals surface area contributed by atoms with Crippen LogP contribution >= 0.6 is 0 Å². The topological polar surface area (TPSA) is 116 Å². The van der Waals surface area contributed by atoms with Crippen LogP contribution in [-0.4, -0.2) is 90.2 Å². The minimum atomic E-state index is -5.59. The van der Waals surface area contributed by atoms with Gasteiger partial charge in [0, 0.05) is 0 Å². The van der Waals surface area contributed by atoms with Crippen LogP contribution in [0.25, 0.3) is 10.3 Å². The van der Waals surface area contributed by atoms with Crippen molar-refractivity contribution in [3.05, 3.63) is 10.3 Å². The first-order valence-corrected chi connectivity index (χ1v) is 18.6. The summed E-state index contributed by atoms with van der Waals surface area (Å²) in [6.07, 6.45) is 16.4. The summed E-state index contributed by atoms with van der Waals surface area (Å²) in [6.45, 7) is 22.1. The van der Waals surface area contributed by atoms with Crippen molar-refractivity contribution in [2.45, 2.75) is 130 Å². The molecule has 0 radical (unpaired) electrons. The molecule has 0 unspecified atom stereocenters. The SMILES string of the molecule is CCCC[N+](C)(CCCC)CCCC.CCCC[N+](C)(CCCC)CCCC.[NH-]S(=O)(=O)C(F)(F)F.[NH-]S(=O)(=O)C(F)(F)F. The summed E-state index contributed by atoms with van der Waals surface area (Å²) in [5, 5.41) is 10.9. The number of sulfonamides is 2. The summed E-state index contributed by atoms with van der Waals surface area (Å²) in [7, 11) is -6.29. The second-order valence-corrected chi connectivity index (χ2v) is 14.5. The van der Waals surface area contributed by atoms with Crippen molar-refractivity contribution >= 4 is 20.0 Å². The van der Waals surface area contributed by atoms with E-state index in [9.17, 15) is 43.2 Å². The zero-order chi connectivity index (χ0) is 35.7. The number of hydrogen-bond donors (Lipinski definition) is 0. The summed E-state index contributed by atoms with van der Waals surface area (Å²) < 4.78 is 104. The molecule has 0 aliphatic heterocycles. The Morgan fingerprint density at radius 3 is 0.614 bits per heavy atom. The molecule has 0 aromatic heterocycles. The van der Waals surface area contributed by atoms with E-state index in [-0.39, 0.29) is 0 Å². The van der Waals surface area contributed by atoms with Gasteiger partial charge in [0.2, 0.25) is 0 Å². The molecule has 0 atom stereocenters. The highest BCUT2D eigenvalue weighted by atomic mass is 32.2. The Morgan fingerprint density at radius 1 is 0.432 bits per heavy atom. The van der Waals surface area contributed by atoms with E-state index >= 15 is 0 Å². The Kier molecular flexibility index (Phi) is 29.0. The minimum Gasteiger partial charge on any atom is -0.556 e. The van der Waals surface area contributed by atoms with Crippen molar-refractivity contribution in [3.8, 4) is 0 Å². The summed E-state index contributed by atoms with van der Waals surface area (Å²) in [6, 6.07) is 0. The first-order valence-electron chi connectivity index (χ1n) is 15.7. The van der Waals surface area contributed by atoms with Crippen LogP contribution in [0.15, 0.2) is 0 Å². The van der Waals surface area contributed by atoms with Crippen LogP contribution in [0.4, 0.5) is 26.3 Å². The van der Waals surface area contributed by atoms with Crippen molar-refractivity contribution in [2.24, 2.45) is 0 Å². The van der Waals surface area contributed by atoms with E-state index in [0.29, 0.717) is 0 Å². The van der Waals surface area contributed by atoms with Gasteiger partial charge >= 0.3 is 11.0 Å². The maximum absolute atomic E-state index is 10.8. The average molecular weight is 697 g/mol. The maximum atomic E-state index is 10.8. The molecule has 8 nitrogen and oxygen atoms in total. The van der Waals surface area contributed by atoms with E-state index in [1.807, 2.05) is 0 Å². The highest BCUT2D eigenvalue weighted by Gasteiger charge is 2.37. The van der Waals surface area contributed by atoms with E-state index in [1.165, 1.54) is 125 Å². The molecule has 2 N–H and O–H groups in total. The molecule has 0 aliphatic carbocycles. The Labute approximate surface area is 265 Å². The van der Waals surface area contributed by atoms with Crippen molar-refractivity contribution in [2.75, 3.05) is 53.4 Å². The van der Waals surface area contributed by atoms with Crippen molar-refractivity contribution in [1.82, 2.24) is 0 Å². The van der Waals surface area contributed by atoms with Crippen LogP contribution in [0.2, 0.25) is 0 Å². The number of nitrogens with zero attached hydrogens (tertiary/aromatic N) is 2. The van der Waals surface area contributed by atoms with E-state index in [2.05, 4.69) is 55.6 Å². The van der Waals surface area contributed by atoms with Gasteiger partial charge in [-0.3, -0.25) is 0 Å². The quantitative estimate of drug-likeness (QED) is 0.105. The third-order valence-electron chi connectivity index (χ3n) is 6.92. The van der Waals surface area contributed by atoms with E-state index in [4.69, 9.17) is 10.3 Å². The van der Waals surface area contributed by atoms with Crippen LogP contribution < -0.4 is 0 Å². The fraction of sp³-hybridized carbons (Fsp3) is 1.00. The minimum absolute atomic E-state index is 1.32. The molecule has 0 aliphatic rings. The molecule has 0 aromatic rings. The van der Waals surface area contributed by atoms with Crippen molar-refractivity contribution < 1.29 is 52.1 Å². The number of nitrogens with one attached hydrogen (secondary N) is 2. The van der Waals surface area contributed by atoms with Gasteiger partial charge in [-0.2, -0.15) is 26.3 Å². The average Bonchev–Trinajstić information content (AvgIpc) is 2.89. The van der Waals surface area contributed by atoms with Crippen LogP contribution in [0, 0.1) is 0 Å². The van der Waals surface area contributed by atoms with E-state index < -0.39 is 31.1 Å². The van der Waals surface area contributed by atoms with Gasteiger partial charge in [-0.25, -0.2) is 16.8 Å². The first kappa shape index (κ1) is 50.2. The highest BCUT2D eigenvalue weighted by Crippen LogP contribution is 2.23. The van der Waals surface area contributed by atoms with Gasteiger partial charge in [-0.1, -0.05) is 80.1 Å². The predicted octanol–water partition coefficient (Wildman–Crippen LogP) is 9.44. The Bertz CT molecular complexity index is 770.